The van der Waals surface area contributed by atoms with Gasteiger partial charge in [0.05, 0.1) is 6.61 Å². The number of hydrogen-bond acceptors (Lipinski definition) is 3. The van der Waals surface area contributed by atoms with Crippen molar-refractivity contribution in [3.8, 4) is 0 Å². The van der Waals surface area contributed by atoms with Crippen LogP contribution in [-0.4, -0.2) is 50.3 Å². The zero-order valence-electron chi connectivity index (χ0n) is 12.3. The zero-order chi connectivity index (χ0) is 13.0. The fourth-order valence-electron chi connectivity index (χ4n) is 3.59. The third-order valence-corrected chi connectivity index (χ3v) is 4.73. The first-order chi connectivity index (χ1) is 8.69. The average molecular weight is 254 g/mol. The van der Waals surface area contributed by atoms with E-state index in [0.717, 1.165) is 24.5 Å². The standard InChI is InChI=1S/C15H30N2O/c1-12(2)17-6-4-13(5-7-17)8-14-9-15(11-18-3)16-10-14/h12-16H,4-11H2,1-3H3. The number of hydrogen-bond donors (Lipinski definition) is 1. The molecule has 106 valence electrons. The van der Waals surface area contributed by atoms with Gasteiger partial charge in [0, 0.05) is 19.2 Å². The Balaban J connectivity index is 1.66. The third-order valence-electron chi connectivity index (χ3n) is 4.73. The molecule has 2 rings (SSSR count). The molecule has 3 nitrogen and oxygen atoms in total. The molecule has 2 aliphatic rings. The summed E-state index contributed by atoms with van der Waals surface area (Å²) in [6.07, 6.45) is 5.56. The lowest BCUT2D eigenvalue weighted by Crippen LogP contribution is -2.38. The summed E-state index contributed by atoms with van der Waals surface area (Å²) in [5, 5.41) is 3.59. The van der Waals surface area contributed by atoms with E-state index in [-0.39, 0.29) is 0 Å². The molecule has 3 heteroatoms. The molecule has 2 heterocycles. The van der Waals surface area contributed by atoms with Crippen molar-refractivity contribution in [3.05, 3.63) is 0 Å². The van der Waals surface area contributed by atoms with Gasteiger partial charge >= 0.3 is 0 Å². The van der Waals surface area contributed by atoms with Gasteiger partial charge in [0.2, 0.25) is 0 Å². The molecule has 0 saturated carbocycles. The van der Waals surface area contributed by atoms with Crippen molar-refractivity contribution in [1.82, 2.24) is 10.2 Å². The van der Waals surface area contributed by atoms with E-state index < -0.39 is 0 Å². The van der Waals surface area contributed by atoms with Crippen LogP contribution >= 0.6 is 0 Å². The van der Waals surface area contributed by atoms with E-state index >= 15 is 0 Å². The van der Waals surface area contributed by atoms with Crippen LogP contribution in [0.5, 0.6) is 0 Å². The zero-order valence-corrected chi connectivity index (χ0v) is 12.3. The van der Waals surface area contributed by atoms with Gasteiger partial charge in [-0.25, -0.2) is 0 Å². The fourth-order valence-corrected chi connectivity index (χ4v) is 3.59. The highest BCUT2D eigenvalue weighted by Crippen LogP contribution is 2.29. The molecule has 18 heavy (non-hydrogen) atoms. The molecular weight excluding hydrogens is 224 g/mol. The highest BCUT2D eigenvalue weighted by Gasteiger charge is 2.28. The molecule has 0 aliphatic carbocycles. The van der Waals surface area contributed by atoms with Crippen LogP contribution < -0.4 is 5.32 Å². The van der Waals surface area contributed by atoms with Crippen LogP contribution in [0.25, 0.3) is 0 Å². The minimum Gasteiger partial charge on any atom is -0.383 e. The van der Waals surface area contributed by atoms with Crippen LogP contribution in [-0.2, 0) is 4.74 Å². The maximum absolute atomic E-state index is 5.24. The molecule has 2 unspecified atom stereocenters. The Bertz CT molecular complexity index is 237. The molecule has 2 atom stereocenters. The van der Waals surface area contributed by atoms with Crippen LogP contribution in [0, 0.1) is 11.8 Å². The molecule has 0 radical (unpaired) electrons. The predicted molar refractivity (Wildman–Crippen MR) is 75.8 cm³/mol. The molecule has 0 aromatic heterocycles. The molecule has 2 aliphatic heterocycles. The molecule has 0 amide bonds. The van der Waals surface area contributed by atoms with Gasteiger partial charge in [-0.1, -0.05) is 0 Å². The SMILES string of the molecule is COCC1CC(CC2CCN(C(C)C)CC2)CN1. The minimum absolute atomic E-state index is 0.607. The van der Waals surface area contributed by atoms with Crippen LogP contribution in [0.3, 0.4) is 0 Å². The largest absolute Gasteiger partial charge is 0.383 e. The van der Waals surface area contributed by atoms with Gasteiger partial charge in [0.15, 0.2) is 0 Å². The summed E-state index contributed by atoms with van der Waals surface area (Å²) in [6.45, 7) is 9.34. The van der Waals surface area contributed by atoms with Gasteiger partial charge in [-0.15, -0.1) is 0 Å². The normalized spacial score (nSPS) is 31.3. The number of piperidine rings is 1. The number of nitrogens with one attached hydrogen (secondary N) is 1. The van der Waals surface area contributed by atoms with Gasteiger partial charge < -0.3 is 15.0 Å². The highest BCUT2D eigenvalue weighted by atomic mass is 16.5. The van der Waals surface area contributed by atoms with Crippen molar-refractivity contribution in [2.75, 3.05) is 33.4 Å². The van der Waals surface area contributed by atoms with Gasteiger partial charge in [0.1, 0.15) is 0 Å². The van der Waals surface area contributed by atoms with E-state index in [0.29, 0.717) is 6.04 Å². The first-order valence-corrected chi connectivity index (χ1v) is 7.65. The lowest BCUT2D eigenvalue weighted by atomic mass is 9.86. The quantitative estimate of drug-likeness (QED) is 0.813. The second-order valence-corrected chi connectivity index (χ2v) is 6.47. The van der Waals surface area contributed by atoms with Crippen molar-refractivity contribution < 1.29 is 4.74 Å². The summed E-state index contributed by atoms with van der Waals surface area (Å²) in [4.78, 5) is 2.62. The van der Waals surface area contributed by atoms with Gasteiger partial charge in [0.25, 0.3) is 0 Å². The van der Waals surface area contributed by atoms with Gasteiger partial charge in [-0.3, -0.25) is 0 Å². The first-order valence-electron chi connectivity index (χ1n) is 7.65. The summed E-state index contributed by atoms with van der Waals surface area (Å²) < 4.78 is 5.24. The van der Waals surface area contributed by atoms with Crippen LogP contribution in [0.1, 0.15) is 39.5 Å². The number of nitrogens with zero attached hydrogens (tertiary/aromatic N) is 1. The lowest BCUT2D eigenvalue weighted by Gasteiger charge is -2.35. The van der Waals surface area contributed by atoms with E-state index in [1.165, 1.54) is 45.3 Å². The second kappa shape index (κ2) is 6.88. The number of likely N-dealkylation sites (tertiary alicyclic amines) is 1. The Labute approximate surface area is 112 Å². The van der Waals surface area contributed by atoms with Gasteiger partial charge in [-0.2, -0.15) is 0 Å². The number of ether oxygens (including phenoxy) is 1. The third kappa shape index (κ3) is 3.94. The van der Waals surface area contributed by atoms with Crippen molar-refractivity contribution in [1.29, 1.82) is 0 Å². The molecule has 1 N–H and O–H groups in total. The summed E-state index contributed by atoms with van der Waals surface area (Å²) in [6, 6.07) is 1.33. The summed E-state index contributed by atoms with van der Waals surface area (Å²) >= 11 is 0. The average Bonchev–Trinajstić information content (AvgIpc) is 2.78. The van der Waals surface area contributed by atoms with E-state index in [1.54, 1.807) is 7.11 Å². The molecule has 0 bridgehead atoms. The van der Waals surface area contributed by atoms with Crippen molar-refractivity contribution >= 4 is 0 Å². The van der Waals surface area contributed by atoms with Crippen molar-refractivity contribution in [2.24, 2.45) is 11.8 Å². The predicted octanol–water partition coefficient (Wildman–Crippen LogP) is 2.12. The van der Waals surface area contributed by atoms with Crippen molar-refractivity contribution in [2.45, 2.75) is 51.6 Å². The van der Waals surface area contributed by atoms with E-state index in [4.69, 9.17) is 4.74 Å². The van der Waals surface area contributed by atoms with E-state index in [9.17, 15) is 0 Å². The monoisotopic (exact) mass is 254 g/mol. The lowest BCUT2D eigenvalue weighted by molar-refractivity contribution is 0.137. The molecular formula is C15H30N2O. The molecule has 2 fully saturated rings. The molecule has 0 spiro atoms. The maximum Gasteiger partial charge on any atom is 0.0615 e. The Hall–Kier alpha value is -0.120. The summed E-state index contributed by atoms with van der Waals surface area (Å²) in [5.41, 5.74) is 0. The molecule has 0 aromatic carbocycles. The Morgan fingerprint density at radius 2 is 1.94 bits per heavy atom. The Morgan fingerprint density at radius 1 is 1.22 bits per heavy atom. The van der Waals surface area contributed by atoms with E-state index in [2.05, 4.69) is 24.1 Å². The molecule has 0 aromatic rings. The van der Waals surface area contributed by atoms with Gasteiger partial charge in [-0.05, 0) is 71.0 Å². The summed E-state index contributed by atoms with van der Waals surface area (Å²) in [5.74, 6) is 1.86. The smallest absolute Gasteiger partial charge is 0.0615 e. The number of rotatable bonds is 5. The van der Waals surface area contributed by atoms with E-state index in [1.807, 2.05) is 0 Å². The minimum atomic E-state index is 0.607. The topological polar surface area (TPSA) is 24.5 Å². The summed E-state index contributed by atoms with van der Waals surface area (Å²) in [7, 11) is 1.80. The maximum atomic E-state index is 5.24. The molecule has 2 saturated heterocycles. The highest BCUT2D eigenvalue weighted by molar-refractivity contribution is 4.84. The first kappa shape index (κ1) is 14.3. The Kier molecular flexibility index (Phi) is 5.46. The van der Waals surface area contributed by atoms with Crippen molar-refractivity contribution in [3.63, 3.8) is 0 Å². The van der Waals surface area contributed by atoms with Crippen LogP contribution in [0.15, 0.2) is 0 Å². The number of methoxy groups -OCH3 is 1. The van der Waals surface area contributed by atoms with Crippen LogP contribution in [0.2, 0.25) is 0 Å². The van der Waals surface area contributed by atoms with Crippen LogP contribution in [0.4, 0.5) is 0 Å². The Morgan fingerprint density at radius 3 is 2.56 bits per heavy atom. The fraction of sp³-hybridized carbons (Fsp3) is 1.00. The second-order valence-electron chi connectivity index (χ2n) is 6.47.